The molecule has 2 aliphatic heterocycles. The summed E-state index contributed by atoms with van der Waals surface area (Å²) < 4.78 is 5.37. The van der Waals surface area contributed by atoms with Crippen molar-refractivity contribution in [3.05, 3.63) is 16.8 Å². The molecule has 0 saturated carbocycles. The van der Waals surface area contributed by atoms with Crippen LogP contribution in [-0.4, -0.2) is 60.2 Å². The van der Waals surface area contributed by atoms with Crippen LogP contribution in [0.15, 0.2) is 6.33 Å². The molecule has 0 radical (unpaired) electrons. The molecule has 2 aromatic heterocycles. The number of aromatic nitrogens is 2. The average Bonchev–Trinajstić information content (AvgIpc) is 2.96. The summed E-state index contributed by atoms with van der Waals surface area (Å²) in [7, 11) is 0. The maximum Gasteiger partial charge on any atom is 0.227 e. The molecule has 2 saturated heterocycles. The number of hydrogen-bond donors (Lipinski definition) is 0. The summed E-state index contributed by atoms with van der Waals surface area (Å²) in [4.78, 5) is 28.5. The largest absolute Gasteiger partial charge is 0.378 e. The zero-order chi connectivity index (χ0) is 17.4. The summed E-state index contributed by atoms with van der Waals surface area (Å²) in [6.07, 6.45) is 3.64. The number of piperidine rings is 1. The van der Waals surface area contributed by atoms with Gasteiger partial charge in [0.2, 0.25) is 5.91 Å². The molecule has 1 atom stereocenters. The first kappa shape index (κ1) is 16.7. The van der Waals surface area contributed by atoms with E-state index in [4.69, 9.17) is 4.74 Å². The molecule has 4 rings (SSSR count). The molecular weight excluding hydrogens is 336 g/mol. The summed E-state index contributed by atoms with van der Waals surface area (Å²) in [5, 5.41) is 1.16. The van der Waals surface area contributed by atoms with Crippen LogP contribution in [0.5, 0.6) is 0 Å². The Bertz CT molecular complexity index is 785. The molecule has 7 heteroatoms. The van der Waals surface area contributed by atoms with Gasteiger partial charge in [0.1, 0.15) is 17.0 Å². The SMILES string of the molecule is Cc1sc2ncnc(N3CCC[C@H](C(=O)N4CCOCC4)C3)c2c1C. The van der Waals surface area contributed by atoms with Gasteiger partial charge in [-0.3, -0.25) is 4.79 Å². The van der Waals surface area contributed by atoms with Crippen molar-refractivity contribution in [1.82, 2.24) is 14.9 Å². The molecule has 1 amide bonds. The van der Waals surface area contributed by atoms with Gasteiger partial charge in [0.25, 0.3) is 0 Å². The number of nitrogens with zero attached hydrogens (tertiary/aromatic N) is 4. The number of carbonyl (C=O) groups excluding carboxylic acids is 1. The highest BCUT2D eigenvalue weighted by atomic mass is 32.1. The second-order valence-corrected chi connectivity index (χ2v) is 8.09. The molecule has 6 nitrogen and oxygen atoms in total. The van der Waals surface area contributed by atoms with E-state index in [-0.39, 0.29) is 11.8 Å². The van der Waals surface area contributed by atoms with Gasteiger partial charge in [-0.2, -0.15) is 0 Å². The van der Waals surface area contributed by atoms with Crippen LogP contribution in [0.3, 0.4) is 0 Å². The molecule has 2 fully saturated rings. The van der Waals surface area contributed by atoms with E-state index in [1.54, 1.807) is 17.7 Å². The third-order valence-corrected chi connectivity index (χ3v) is 6.45. The number of ether oxygens (including phenoxy) is 1. The molecule has 4 heterocycles. The van der Waals surface area contributed by atoms with E-state index in [0.717, 1.165) is 55.1 Å². The number of aryl methyl sites for hydroxylation is 2. The van der Waals surface area contributed by atoms with Gasteiger partial charge in [-0.25, -0.2) is 9.97 Å². The lowest BCUT2D eigenvalue weighted by Gasteiger charge is -2.36. The minimum absolute atomic E-state index is 0.0527. The number of thiophene rings is 1. The Balaban J connectivity index is 1.58. The van der Waals surface area contributed by atoms with E-state index in [9.17, 15) is 4.79 Å². The molecular formula is C18H24N4O2S. The van der Waals surface area contributed by atoms with Crippen molar-refractivity contribution in [2.75, 3.05) is 44.3 Å². The molecule has 2 aliphatic rings. The standard InChI is InChI=1S/C18H24N4O2S/c1-12-13(2)25-17-15(12)16(19-11-20-17)22-5-3-4-14(10-22)18(23)21-6-8-24-9-7-21/h11,14H,3-10H2,1-2H3/t14-/m0/s1. The third kappa shape index (κ3) is 3.11. The van der Waals surface area contributed by atoms with E-state index in [1.165, 1.54) is 10.4 Å². The van der Waals surface area contributed by atoms with E-state index >= 15 is 0 Å². The quantitative estimate of drug-likeness (QED) is 0.823. The van der Waals surface area contributed by atoms with Crippen LogP contribution < -0.4 is 4.90 Å². The van der Waals surface area contributed by atoms with Crippen molar-refractivity contribution in [3.63, 3.8) is 0 Å². The van der Waals surface area contributed by atoms with Crippen molar-refractivity contribution >= 4 is 33.3 Å². The Kier molecular flexibility index (Phi) is 4.60. The lowest BCUT2D eigenvalue weighted by atomic mass is 9.96. The monoisotopic (exact) mass is 360 g/mol. The van der Waals surface area contributed by atoms with Crippen molar-refractivity contribution in [1.29, 1.82) is 0 Å². The summed E-state index contributed by atoms with van der Waals surface area (Å²) >= 11 is 1.72. The summed E-state index contributed by atoms with van der Waals surface area (Å²) in [6, 6.07) is 0. The van der Waals surface area contributed by atoms with E-state index in [0.29, 0.717) is 13.2 Å². The maximum atomic E-state index is 12.9. The maximum absolute atomic E-state index is 12.9. The Hall–Kier alpha value is -1.73. The minimum atomic E-state index is 0.0527. The second-order valence-electron chi connectivity index (χ2n) is 6.88. The number of anilines is 1. The normalized spacial score (nSPS) is 21.8. The molecule has 134 valence electrons. The van der Waals surface area contributed by atoms with Gasteiger partial charge in [0.15, 0.2) is 0 Å². The van der Waals surface area contributed by atoms with Gasteiger partial charge in [0, 0.05) is 31.1 Å². The van der Waals surface area contributed by atoms with Gasteiger partial charge in [-0.1, -0.05) is 0 Å². The van der Waals surface area contributed by atoms with Crippen molar-refractivity contribution in [2.24, 2.45) is 5.92 Å². The molecule has 25 heavy (non-hydrogen) atoms. The van der Waals surface area contributed by atoms with Crippen molar-refractivity contribution in [3.8, 4) is 0 Å². The predicted octanol–water partition coefficient (Wildman–Crippen LogP) is 2.38. The number of morpholine rings is 1. The van der Waals surface area contributed by atoms with Crippen LogP contribution in [0.25, 0.3) is 10.2 Å². The number of rotatable bonds is 2. The number of amides is 1. The van der Waals surface area contributed by atoms with Gasteiger partial charge in [-0.15, -0.1) is 11.3 Å². The summed E-state index contributed by atoms with van der Waals surface area (Å²) in [6.45, 7) is 8.72. The van der Waals surface area contributed by atoms with Gasteiger partial charge in [-0.05, 0) is 32.3 Å². The fourth-order valence-corrected chi connectivity index (χ4v) is 4.81. The molecule has 0 aromatic carbocycles. The lowest BCUT2D eigenvalue weighted by molar-refractivity contribution is -0.139. The lowest BCUT2D eigenvalue weighted by Crippen LogP contribution is -2.48. The van der Waals surface area contributed by atoms with Gasteiger partial charge < -0.3 is 14.5 Å². The van der Waals surface area contributed by atoms with Gasteiger partial charge in [0.05, 0.1) is 24.5 Å². The molecule has 0 aliphatic carbocycles. The minimum Gasteiger partial charge on any atom is -0.378 e. The smallest absolute Gasteiger partial charge is 0.227 e. The molecule has 2 aromatic rings. The first-order valence-electron chi connectivity index (χ1n) is 8.97. The molecule has 0 spiro atoms. The fraction of sp³-hybridized carbons (Fsp3) is 0.611. The highest BCUT2D eigenvalue weighted by Gasteiger charge is 2.31. The van der Waals surface area contributed by atoms with Gasteiger partial charge >= 0.3 is 0 Å². The third-order valence-electron chi connectivity index (χ3n) is 5.34. The fourth-order valence-electron chi connectivity index (χ4n) is 3.82. The highest BCUT2D eigenvalue weighted by Crippen LogP contribution is 2.35. The topological polar surface area (TPSA) is 58.6 Å². The zero-order valence-corrected chi connectivity index (χ0v) is 15.6. The van der Waals surface area contributed by atoms with Crippen molar-refractivity contribution in [2.45, 2.75) is 26.7 Å². The van der Waals surface area contributed by atoms with Crippen LogP contribution in [-0.2, 0) is 9.53 Å². The first-order valence-corrected chi connectivity index (χ1v) is 9.79. The van der Waals surface area contributed by atoms with Crippen LogP contribution in [0.2, 0.25) is 0 Å². The van der Waals surface area contributed by atoms with Crippen LogP contribution >= 0.6 is 11.3 Å². The van der Waals surface area contributed by atoms with E-state index in [2.05, 4.69) is 28.7 Å². The highest BCUT2D eigenvalue weighted by molar-refractivity contribution is 7.18. The van der Waals surface area contributed by atoms with Crippen LogP contribution in [0, 0.1) is 19.8 Å². The Morgan fingerprint density at radius 1 is 1.24 bits per heavy atom. The van der Waals surface area contributed by atoms with Crippen LogP contribution in [0.4, 0.5) is 5.82 Å². The number of fused-ring (bicyclic) bond motifs is 1. The Morgan fingerprint density at radius 3 is 2.84 bits per heavy atom. The molecule has 0 unspecified atom stereocenters. The van der Waals surface area contributed by atoms with Crippen molar-refractivity contribution < 1.29 is 9.53 Å². The number of hydrogen-bond acceptors (Lipinski definition) is 6. The molecule has 0 N–H and O–H groups in total. The zero-order valence-electron chi connectivity index (χ0n) is 14.8. The van der Waals surface area contributed by atoms with E-state index < -0.39 is 0 Å². The Morgan fingerprint density at radius 2 is 2.04 bits per heavy atom. The number of carbonyl (C=O) groups is 1. The summed E-state index contributed by atoms with van der Waals surface area (Å²) in [5.74, 6) is 1.32. The Labute approximate surface area is 151 Å². The van der Waals surface area contributed by atoms with E-state index in [1.807, 2.05) is 4.90 Å². The first-order chi connectivity index (χ1) is 12.1. The molecule has 0 bridgehead atoms. The summed E-state index contributed by atoms with van der Waals surface area (Å²) in [5.41, 5.74) is 1.26. The average molecular weight is 360 g/mol. The predicted molar refractivity (Wildman–Crippen MR) is 99.2 cm³/mol. The van der Waals surface area contributed by atoms with Crippen LogP contribution in [0.1, 0.15) is 23.3 Å². The second kappa shape index (κ2) is 6.88.